The molecule has 2 saturated heterocycles. The lowest BCUT2D eigenvalue weighted by atomic mass is 9.89. The fourth-order valence-electron chi connectivity index (χ4n) is 7.71. The number of piperazine rings is 2. The summed E-state index contributed by atoms with van der Waals surface area (Å²) in [5, 5.41) is 32.2. The smallest absolute Gasteiger partial charge is 0.363 e. The number of anilines is 1. The maximum absolute atomic E-state index is 13.4. The number of carboxylic acids is 1. The third-order valence-corrected chi connectivity index (χ3v) is 11.6. The number of nitrogens with zero attached hydrogens (tertiary/aromatic N) is 5. The zero-order valence-electron chi connectivity index (χ0n) is 31.8. The summed E-state index contributed by atoms with van der Waals surface area (Å²) in [6.45, 7) is 10.6. The second kappa shape index (κ2) is 17.0. The van der Waals surface area contributed by atoms with E-state index in [1.54, 1.807) is 0 Å². The number of carboxylic acid groups (broad SMARTS) is 1. The van der Waals surface area contributed by atoms with Gasteiger partial charge in [-0.1, -0.05) is 13.3 Å². The van der Waals surface area contributed by atoms with Crippen molar-refractivity contribution in [1.82, 2.24) is 19.1 Å². The number of carbonyl (C=O) groups excluding carboxylic acids is 1. The molecule has 3 aromatic rings. The first-order valence-corrected chi connectivity index (χ1v) is 20.9. The molecule has 0 radical (unpaired) electrons. The maximum Gasteiger partial charge on any atom is 0.363 e. The summed E-state index contributed by atoms with van der Waals surface area (Å²) in [6, 6.07) is 18.2. The second-order valence-corrected chi connectivity index (χ2v) is 16.2. The highest BCUT2D eigenvalue weighted by Gasteiger charge is 2.27. The van der Waals surface area contributed by atoms with Crippen molar-refractivity contribution in [2.24, 2.45) is 0 Å². The molecule has 0 amide bonds. The SMILES string of the molecule is CCCCN1CC[N+](=c2ccc3c(-c4cc(C(=O)On5c(O)ccc5O)ccc4C(=O)O)c4ccc(N5CCN(CCCCS(=O)(=O)O)CC5)cc4oc-3c2)CC1. The maximum atomic E-state index is 13.4. The average molecular weight is 803 g/mol. The van der Waals surface area contributed by atoms with E-state index in [0.29, 0.717) is 45.4 Å². The van der Waals surface area contributed by atoms with Crippen molar-refractivity contribution in [2.75, 3.05) is 76.1 Å². The monoisotopic (exact) mass is 802 g/mol. The predicted molar refractivity (Wildman–Crippen MR) is 215 cm³/mol. The van der Waals surface area contributed by atoms with Crippen LogP contribution in [0.4, 0.5) is 5.69 Å². The van der Waals surface area contributed by atoms with E-state index < -0.39 is 33.8 Å². The molecule has 4 heterocycles. The van der Waals surface area contributed by atoms with Gasteiger partial charge in [-0.15, -0.1) is 4.73 Å². The standard InChI is InChI=1S/C41H47N5O10S/c1-2-3-14-42-16-20-44(21-17-42)29-7-10-32-35(26-29)55-36-27-30(45-22-18-43(19-23-45)15-4-5-24-57(52,53)54)8-11-33(36)39(32)34-25-28(6-9-31(34)40(49)50)41(51)56-46-37(47)12-13-38(46)48/h6-13,25-27H,2-5,14-24H2,1H3,(H3-,47,48,49,50,52,53,54)/p+1. The summed E-state index contributed by atoms with van der Waals surface area (Å²) >= 11 is 0. The van der Waals surface area contributed by atoms with E-state index in [9.17, 15) is 33.3 Å². The number of hydrogen-bond acceptors (Lipinski definition) is 11. The molecule has 2 fully saturated rings. The van der Waals surface area contributed by atoms with Crippen LogP contribution in [0, 0.1) is 0 Å². The fourth-order valence-corrected chi connectivity index (χ4v) is 8.28. The highest BCUT2D eigenvalue weighted by molar-refractivity contribution is 7.85. The van der Waals surface area contributed by atoms with Gasteiger partial charge < -0.3 is 29.5 Å². The molecule has 4 aliphatic rings. The number of benzene rings is 3. The summed E-state index contributed by atoms with van der Waals surface area (Å²) in [7, 11) is -3.97. The topological polar surface area (TPSA) is 189 Å². The Hall–Kier alpha value is -5.42. The number of unbranched alkanes of at least 4 members (excludes halogenated alkanes) is 2. The van der Waals surface area contributed by atoms with Gasteiger partial charge >= 0.3 is 11.9 Å². The van der Waals surface area contributed by atoms with Crippen molar-refractivity contribution < 1.29 is 47.1 Å². The molecule has 0 saturated carbocycles. The summed E-state index contributed by atoms with van der Waals surface area (Å²) in [5.41, 5.74) is 2.86. The number of carbonyl (C=O) groups is 2. The molecule has 15 nitrogen and oxygen atoms in total. The first-order valence-electron chi connectivity index (χ1n) is 19.3. The largest absolute Gasteiger partial charge is 0.492 e. The van der Waals surface area contributed by atoms with Gasteiger partial charge in [-0.3, -0.25) is 14.4 Å². The van der Waals surface area contributed by atoms with Gasteiger partial charge in [0.25, 0.3) is 10.1 Å². The Kier molecular flexibility index (Phi) is 11.9. The van der Waals surface area contributed by atoms with Crippen LogP contribution in [0.2, 0.25) is 0 Å². The molecule has 7 rings (SSSR count). The van der Waals surface area contributed by atoms with Gasteiger partial charge in [0.1, 0.15) is 11.3 Å². The van der Waals surface area contributed by atoms with Gasteiger partial charge in [0.05, 0.1) is 36.0 Å². The summed E-state index contributed by atoms with van der Waals surface area (Å²) < 4.78 is 40.9. The molecule has 1 aromatic heterocycles. The van der Waals surface area contributed by atoms with Crippen molar-refractivity contribution in [1.29, 1.82) is 0 Å². The molecule has 3 aliphatic heterocycles. The molecule has 1 aliphatic carbocycles. The van der Waals surface area contributed by atoms with Crippen LogP contribution < -0.4 is 19.7 Å². The average Bonchev–Trinajstić information content (AvgIpc) is 3.52. The minimum absolute atomic E-state index is 0.00497. The van der Waals surface area contributed by atoms with Gasteiger partial charge in [-0.2, -0.15) is 8.42 Å². The number of fused-ring (bicyclic) bond motifs is 2. The Morgan fingerprint density at radius 2 is 1.51 bits per heavy atom. The molecule has 0 spiro atoms. The van der Waals surface area contributed by atoms with Crippen LogP contribution in [0.25, 0.3) is 33.4 Å². The van der Waals surface area contributed by atoms with E-state index in [-0.39, 0.29) is 22.4 Å². The Labute approximate surface area is 330 Å². The number of hydrogen-bond donors (Lipinski definition) is 4. The van der Waals surface area contributed by atoms with Gasteiger partial charge in [-0.25, -0.2) is 14.2 Å². The van der Waals surface area contributed by atoms with Crippen LogP contribution in [0.1, 0.15) is 53.3 Å². The molecular weight excluding hydrogens is 755 g/mol. The zero-order chi connectivity index (χ0) is 40.3. The number of aromatic hydroxyl groups is 2. The molecule has 0 atom stereocenters. The van der Waals surface area contributed by atoms with E-state index in [0.717, 1.165) is 89.3 Å². The predicted octanol–water partition coefficient (Wildman–Crippen LogP) is 4.06. The van der Waals surface area contributed by atoms with E-state index in [4.69, 9.17) is 13.8 Å². The lowest BCUT2D eigenvalue weighted by Gasteiger charge is -2.36. The molecule has 302 valence electrons. The Morgan fingerprint density at radius 3 is 2.19 bits per heavy atom. The summed E-state index contributed by atoms with van der Waals surface area (Å²) in [4.78, 5) is 38.4. The number of aromatic nitrogens is 1. The highest BCUT2D eigenvalue weighted by atomic mass is 32.2. The van der Waals surface area contributed by atoms with Crippen molar-refractivity contribution in [3.63, 3.8) is 0 Å². The van der Waals surface area contributed by atoms with Gasteiger partial charge in [-0.05, 0) is 74.3 Å². The van der Waals surface area contributed by atoms with Crippen LogP contribution in [0.15, 0.2) is 71.1 Å². The van der Waals surface area contributed by atoms with Crippen LogP contribution in [0.3, 0.4) is 0 Å². The Balaban J connectivity index is 1.28. The third kappa shape index (κ3) is 9.09. The van der Waals surface area contributed by atoms with Crippen LogP contribution in [-0.4, -0.2) is 126 Å². The summed E-state index contributed by atoms with van der Waals surface area (Å²) in [6.07, 6.45) is 3.37. The van der Waals surface area contributed by atoms with Crippen molar-refractivity contribution in [3.8, 4) is 34.2 Å². The Morgan fingerprint density at radius 1 is 0.807 bits per heavy atom. The third-order valence-electron chi connectivity index (χ3n) is 10.8. The van der Waals surface area contributed by atoms with Crippen molar-refractivity contribution in [3.05, 3.63) is 83.2 Å². The lowest BCUT2D eigenvalue weighted by molar-refractivity contribution is 0.0381. The molecule has 57 heavy (non-hydrogen) atoms. The Bertz CT molecular complexity index is 2400. The quantitative estimate of drug-likeness (QED) is 0.0578. The number of rotatable bonds is 13. The van der Waals surface area contributed by atoms with Crippen LogP contribution in [0.5, 0.6) is 11.8 Å². The molecule has 4 N–H and O–H groups in total. The van der Waals surface area contributed by atoms with Crippen molar-refractivity contribution >= 4 is 38.7 Å². The zero-order valence-corrected chi connectivity index (χ0v) is 32.7. The van der Waals surface area contributed by atoms with Gasteiger partial charge in [0.15, 0.2) is 13.1 Å². The van der Waals surface area contributed by atoms with E-state index in [1.165, 1.54) is 30.3 Å². The van der Waals surface area contributed by atoms with Crippen LogP contribution in [-0.2, 0) is 10.1 Å². The minimum atomic E-state index is -3.97. The van der Waals surface area contributed by atoms with E-state index in [2.05, 4.69) is 26.2 Å². The first kappa shape index (κ1) is 39.8. The minimum Gasteiger partial charge on any atom is -0.492 e. The molecule has 0 bridgehead atoms. The molecule has 0 unspecified atom stereocenters. The number of aromatic carboxylic acids is 1. The normalized spacial score (nSPS) is 15.8. The van der Waals surface area contributed by atoms with Gasteiger partial charge in [0, 0.05) is 72.6 Å². The van der Waals surface area contributed by atoms with E-state index >= 15 is 0 Å². The molecular formula is C41H48N5O10S+. The van der Waals surface area contributed by atoms with E-state index in [1.807, 2.05) is 36.4 Å². The molecule has 16 heteroatoms. The summed E-state index contributed by atoms with van der Waals surface area (Å²) in [5.74, 6) is -2.80. The second-order valence-electron chi connectivity index (χ2n) is 14.6. The van der Waals surface area contributed by atoms with Crippen LogP contribution >= 0.6 is 0 Å². The first-order chi connectivity index (χ1) is 27.4. The lowest BCUT2D eigenvalue weighted by Crippen LogP contribution is -2.48. The van der Waals surface area contributed by atoms with Crippen molar-refractivity contribution in [2.45, 2.75) is 32.6 Å². The highest BCUT2D eigenvalue weighted by Crippen LogP contribution is 2.42. The fraction of sp³-hybridized carbons (Fsp3) is 0.390. The van der Waals surface area contributed by atoms with Gasteiger partial charge in [0.2, 0.25) is 17.1 Å². The molecule has 2 aromatic carbocycles.